The highest BCUT2D eigenvalue weighted by Crippen LogP contribution is 1.95. The molecule has 4 heteroatoms. The van der Waals surface area contributed by atoms with Gasteiger partial charge in [0.15, 0.2) is 0 Å². The molecule has 0 aromatic rings. The minimum absolute atomic E-state index is 0.116. The van der Waals surface area contributed by atoms with Crippen molar-refractivity contribution in [1.29, 1.82) is 0 Å². The van der Waals surface area contributed by atoms with Crippen molar-refractivity contribution in [2.75, 3.05) is 5.75 Å². The molecule has 0 aromatic carbocycles. The van der Waals surface area contributed by atoms with Gasteiger partial charge >= 0.3 is 5.97 Å². The Kier molecular flexibility index (Phi) is 4.18. The summed E-state index contributed by atoms with van der Waals surface area (Å²) in [7, 11) is 0. The lowest BCUT2D eigenvalue weighted by atomic mass is 10.7. The Morgan fingerprint density at radius 2 is 2.38 bits per heavy atom. The van der Waals surface area contributed by atoms with Gasteiger partial charge in [0, 0.05) is 0 Å². The zero-order valence-electron chi connectivity index (χ0n) is 4.50. The van der Waals surface area contributed by atoms with Gasteiger partial charge in [-0.2, -0.15) is 12.6 Å². The van der Waals surface area contributed by atoms with Gasteiger partial charge in [0.05, 0.1) is 5.75 Å². The number of hydrogen-bond donors (Lipinski definition) is 2. The highest BCUT2D eigenvalue weighted by atomic mass is 32.1. The van der Waals surface area contributed by atoms with E-state index in [0.29, 0.717) is 0 Å². The topological polar surface area (TPSA) is 26.3 Å². The fourth-order valence-corrected chi connectivity index (χ4v) is 0.420. The molecule has 0 aromatic heterocycles. The van der Waals surface area contributed by atoms with Crippen molar-refractivity contribution in [3.8, 4) is 0 Å². The second kappa shape index (κ2) is 4.09. The van der Waals surface area contributed by atoms with E-state index in [1.54, 1.807) is 6.92 Å². The van der Waals surface area contributed by atoms with E-state index >= 15 is 0 Å². The molecule has 0 saturated carbocycles. The SMILES string of the molecule is CC(S)OC(=O)CS. The first-order chi connectivity index (χ1) is 3.66. The van der Waals surface area contributed by atoms with Crippen LogP contribution in [0.3, 0.4) is 0 Å². The lowest BCUT2D eigenvalue weighted by Crippen LogP contribution is -2.10. The van der Waals surface area contributed by atoms with Gasteiger partial charge in [-0.25, -0.2) is 0 Å². The Morgan fingerprint density at radius 3 is 2.50 bits per heavy atom. The summed E-state index contributed by atoms with van der Waals surface area (Å²) < 4.78 is 4.55. The number of carbonyl (C=O) groups is 1. The number of rotatable bonds is 2. The average Bonchev–Trinajstić information content (AvgIpc) is 1.65. The lowest BCUT2D eigenvalue weighted by Gasteiger charge is -2.03. The molecule has 0 aliphatic carbocycles. The summed E-state index contributed by atoms with van der Waals surface area (Å²) in [5, 5.41) is 0. The molecule has 8 heavy (non-hydrogen) atoms. The van der Waals surface area contributed by atoms with Crippen LogP contribution in [-0.4, -0.2) is 17.2 Å². The molecule has 0 amide bonds. The summed E-state index contributed by atoms with van der Waals surface area (Å²) in [6.45, 7) is 1.67. The Balaban J connectivity index is 3.25. The summed E-state index contributed by atoms with van der Waals surface area (Å²) in [5.41, 5.74) is -0.324. The molecule has 0 aliphatic rings. The second-order valence-corrected chi connectivity index (χ2v) is 2.29. The third-order valence-electron chi connectivity index (χ3n) is 0.431. The van der Waals surface area contributed by atoms with Crippen molar-refractivity contribution >= 4 is 31.2 Å². The number of ether oxygens (including phenoxy) is 1. The van der Waals surface area contributed by atoms with E-state index in [4.69, 9.17) is 0 Å². The molecule has 0 heterocycles. The fourth-order valence-electron chi connectivity index (χ4n) is 0.227. The zero-order valence-corrected chi connectivity index (χ0v) is 6.28. The van der Waals surface area contributed by atoms with Crippen LogP contribution >= 0.6 is 25.3 Å². The molecule has 1 unspecified atom stereocenters. The first kappa shape index (κ1) is 8.17. The minimum atomic E-state index is -0.337. The number of carbonyl (C=O) groups excluding carboxylic acids is 1. The first-order valence-corrected chi connectivity index (χ1v) is 3.30. The Hall–Kier alpha value is 0.170. The molecule has 2 nitrogen and oxygen atoms in total. The van der Waals surface area contributed by atoms with E-state index in [2.05, 4.69) is 30.0 Å². The van der Waals surface area contributed by atoms with Gasteiger partial charge < -0.3 is 4.74 Å². The third kappa shape index (κ3) is 4.33. The van der Waals surface area contributed by atoms with Crippen LogP contribution in [0, 0.1) is 0 Å². The van der Waals surface area contributed by atoms with Gasteiger partial charge in [0.2, 0.25) is 0 Å². The van der Waals surface area contributed by atoms with Crippen molar-refractivity contribution in [1.82, 2.24) is 0 Å². The van der Waals surface area contributed by atoms with Crippen molar-refractivity contribution < 1.29 is 9.53 Å². The first-order valence-electron chi connectivity index (χ1n) is 2.15. The molecule has 1 atom stereocenters. The van der Waals surface area contributed by atoms with E-state index in [1.807, 2.05) is 0 Å². The number of esters is 1. The fraction of sp³-hybridized carbons (Fsp3) is 0.750. The highest BCUT2D eigenvalue weighted by molar-refractivity contribution is 7.81. The van der Waals surface area contributed by atoms with Gasteiger partial charge in [-0.15, -0.1) is 12.6 Å². The third-order valence-corrected chi connectivity index (χ3v) is 0.795. The van der Waals surface area contributed by atoms with Crippen LogP contribution in [0.4, 0.5) is 0 Å². The van der Waals surface area contributed by atoms with E-state index in [-0.39, 0.29) is 17.2 Å². The van der Waals surface area contributed by atoms with Crippen LogP contribution in [0.2, 0.25) is 0 Å². The van der Waals surface area contributed by atoms with Crippen molar-refractivity contribution in [3.05, 3.63) is 0 Å². The lowest BCUT2D eigenvalue weighted by molar-refractivity contribution is -0.141. The second-order valence-electron chi connectivity index (χ2n) is 1.25. The molecule has 0 N–H and O–H groups in total. The molecule has 48 valence electrons. The monoisotopic (exact) mass is 152 g/mol. The quantitative estimate of drug-likeness (QED) is 0.347. The Bertz CT molecular complexity index is 82.1. The smallest absolute Gasteiger partial charge is 0.316 e. The van der Waals surface area contributed by atoms with Crippen LogP contribution in [-0.2, 0) is 9.53 Å². The van der Waals surface area contributed by atoms with E-state index in [9.17, 15) is 4.79 Å². The van der Waals surface area contributed by atoms with Gasteiger partial charge in [-0.3, -0.25) is 4.79 Å². The van der Waals surface area contributed by atoms with Crippen LogP contribution in [0.25, 0.3) is 0 Å². The number of hydrogen-bond acceptors (Lipinski definition) is 4. The summed E-state index contributed by atoms with van der Waals surface area (Å²) in [6, 6.07) is 0. The van der Waals surface area contributed by atoms with E-state index in [1.165, 1.54) is 0 Å². The van der Waals surface area contributed by atoms with Crippen molar-refractivity contribution in [2.45, 2.75) is 12.4 Å². The molecular weight excluding hydrogens is 144 g/mol. The van der Waals surface area contributed by atoms with Crippen LogP contribution in [0.5, 0.6) is 0 Å². The molecule has 0 rings (SSSR count). The van der Waals surface area contributed by atoms with Crippen molar-refractivity contribution in [2.24, 2.45) is 0 Å². The molecule has 0 saturated heterocycles. The van der Waals surface area contributed by atoms with Crippen LogP contribution in [0.1, 0.15) is 6.92 Å². The van der Waals surface area contributed by atoms with Crippen LogP contribution < -0.4 is 0 Å². The predicted octanol–water partition coefficient (Wildman–Crippen LogP) is 0.735. The van der Waals surface area contributed by atoms with Gasteiger partial charge in [0.25, 0.3) is 0 Å². The number of thiol groups is 2. The summed E-state index contributed by atoms with van der Waals surface area (Å²) in [4.78, 5) is 10.3. The normalized spacial score (nSPS) is 12.9. The summed E-state index contributed by atoms with van der Waals surface area (Å²) in [5.74, 6) is -0.221. The minimum Gasteiger partial charge on any atom is -0.451 e. The maximum atomic E-state index is 10.3. The predicted molar refractivity (Wildman–Crippen MR) is 38.4 cm³/mol. The molecule has 0 aliphatic heterocycles. The summed E-state index contributed by atoms with van der Waals surface area (Å²) in [6.07, 6.45) is 0. The van der Waals surface area contributed by atoms with Crippen LogP contribution in [0.15, 0.2) is 0 Å². The van der Waals surface area contributed by atoms with Gasteiger partial charge in [0.1, 0.15) is 5.44 Å². The molecular formula is C4H8O2S2. The highest BCUT2D eigenvalue weighted by Gasteiger charge is 2.00. The van der Waals surface area contributed by atoms with E-state index < -0.39 is 0 Å². The van der Waals surface area contributed by atoms with Crippen molar-refractivity contribution in [3.63, 3.8) is 0 Å². The maximum absolute atomic E-state index is 10.3. The molecule has 0 spiro atoms. The average molecular weight is 152 g/mol. The van der Waals surface area contributed by atoms with Gasteiger partial charge in [-0.1, -0.05) is 0 Å². The standard InChI is InChI=1S/C4H8O2S2/c1-3(8)6-4(5)2-7/h3,7-8H,2H2,1H3. The van der Waals surface area contributed by atoms with E-state index in [0.717, 1.165) is 0 Å². The van der Waals surface area contributed by atoms with Gasteiger partial charge in [-0.05, 0) is 6.92 Å². The molecule has 0 fully saturated rings. The Morgan fingerprint density at radius 1 is 1.88 bits per heavy atom. The maximum Gasteiger partial charge on any atom is 0.316 e. The Labute approximate surface area is 59.4 Å². The largest absolute Gasteiger partial charge is 0.451 e. The molecule has 0 bridgehead atoms. The zero-order chi connectivity index (χ0) is 6.57. The summed E-state index contributed by atoms with van der Waals surface area (Å²) >= 11 is 7.50. The molecule has 0 radical (unpaired) electrons.